The molecular formula is C46H29N5. The first-order valence-corrected chi connectivity index (χ1v) is 17.3. The summed E-state index contributed by atoms with van der Waals surface area (Å²) in [5, 5.41) is 5.98. The Morgan fingerprint density at radius 1 is 0.353 bits per heavy atom. The van der Waals surface area contributed by atoms with Gasteiger partial charge in [0, 0.05) is 38.3 Å². The van der Waals surface area contributed by atoms with Gasteiger partial charge in [0.25, 0.3) is 0 Å². The predicted molar refractivity (Wildman–Crippen MR) is 210 cm³/mol. The minimum Gasteiger partial charge on any atom is -0.308 e. The summed E-state index contributed by atoms with van der Waals surface area (Å²) in [7, 11) is 0. The van der Waals surface area contributed by atoms with E-state index in [4.69, 9.17) is 9.97 Å². The maximum Gasteiger partial charge on any atom is 0.220 e. The second kappa shape index (κ2) is 10.8. The number of nitrogens with zero attached hydrogens (tertiary/aromatic N) is 5. The molecular weight excluding hydrogens is 623 g/mol. The van der Waals surface area contributed by atoms with Crippen molar-refractivity contribution < 1.29 is 0 Å². The van der Waals surface area contributed by atoms with E-state index in [0.29, 0.717) is 0 Å². The zero-order valence-corrected chi connectivity index (χ0v) is 27.5. The normalized spacial score (nSPS) is 11.9. The standard InChI is InChI=1S/C46H29N5/c1-3-13-32(14-4-1)49-42-26-24-31(28-37(42)45-35-18-7-9-19-38(35)47-29-44(45)49)30-23-25-41-36(27-30)34-17-8-11-21-40(34)51(41)46-48-39-20-10-12-22-43(39)50(46)33-15-5-2-6-16-33/h1-29H. The maximum absolute atomic E-state index is 5.25. The van der Waals surface area contributed by atoms with E-state index in [2.05, 4.69) is 184 Å². The van der Waals surface area contributed by atoms with Crippen LogP contribution in [0.5, 0.6) is 0 Å². The molecule has 0 unspecified atom stereocenters. The Morgan fingerprint density at radius 2 is 0.902 bits per heavy atom. The summed E-state index contributed by atoms with van der Waals surface area (Å²) in [4.78, 5) is 10.1. The number of aromatic nitrogens is 5. The Balaban J connectivity index is 1.16. The first-order valence-electron chi connectivity index (χ1n) is 17.3. The lowest BCUT2D eigenvalue weighted by Gasteiger charge is -2.12. The van der Waals surface area contributed by atoms with Crippen LogP contribution in [0.4, 0.5) is 0 Å². The highest BCUT2D eigenvalue weighted by Crippen LogP contribution is 2.40. The van der Waals surface area contributed by atoms with Crippen molar-refractivity contribution in [2.75, 3.05) is 0 Å². The molecule has 5 nitrogen and oxygen atoms in total. The molecule has 0 aliphatic rings. The summed E-state index contributed by atoms with van der Waals surface area (Å²) in [6, 6.07) is 60.3. The maximum atomic E-state index is 5.25. The van der Waals surface area contributed by atoms with Gasteiger partial charge in [0.15, 0.2) is 0 Å². The summed E-state index contributed by atoms with van der Waals surface area (Å²) >= 11 is 0. The predicted octanol–water partition coefficient (Wildman–Crippen LogP) is 11.4. The Kier molecular flexibility index (Phi) is 5.89. The molecule has 0 aliphatic carbocycles. The van der Waals surface area contributed by atoms with Crippen LogP contribution in [-0.4, -0.2) is 23.7 Å². The molecule has 0 saturated carbocycles. The van der Waals surface area contributed by atoms with Crippen LogP contribution in [0.3, 0.4) is 0 Å². The topological polar surface area (TPSA) is 40.6 Å². The van der Waals surface area contributed by atoms with Crippen molar-refractivity contribution in [3.05, 3.63) is 176 Å². The largest absolute Gasteiger partial charge is 0.308 e. The Hall–Kier alpha value is -6.98. The van der Waals surface area contributed by atoms with Gasteiger partial charge in [-0.3, -0.25) is 14.1 Å². The van der Waals surface area contributed by atoms with Crippen LogP contribution >= 0.6 is 0 Å². The lowest BCUT2D eigenvalue weighted by Crippen LogP contribution is -2.05. The number of rotatable bonds is 4. The van der Waals surface area contributed by atoms with Gasteiger partial charge in [-0.15, -0.1) is 0 Å². The first-order chi connectivity index (χ1) is 25.3. The van der Waals surface area contributed by atoms with Gasteiger partial charge in [0.05, 0.1) is 44.8 Å². The molecule has 0 amide bonds. The zero-order valence-electron chi connectivity index (χ0n) is 27.5. The second-order valence-electron chi connectivity index (χ2n) is 13.1. The third-order valence-corrected chi connectivity index (χ3v) is 10.3. The van der Waals surface area contributed by atoms with Gasteiger partial charge < -0.3 is 4.57 Å². The van der Waals surface area contributed by atoms with Gasteiger partial charge >= 0.3 is 0 Å². The summed E-state index contributed by atoms with van der Waals surface area (Å²) in [5.74, 6) is 0.872. The van der Waals surface area contributed by atoms with E-state index >= 15 is 0 Å². The van der Waals surface area contributed by atoms with Gasteiger partial charge in [-0.2, -0.15) is 0 Å². The van der Waals surface area contributed by atoms with Crippen molar-refractivity contribution in [2.24, 2.45) is 0 Å². The Bertz CT molecular complexity index is 3130. The minimum absolute atomic E-state index is 0.872. The molecule has 4 heterocycles. The molecule has 0 N–H and O–H groups in total. The highest BCUT2D eigenvalue weighted by atomic mass is 15.2. The van der Waals surface area contributed by atoms with Gasteiger partial charge in [-0.05, 0) is 83.9 Å². The lowest BCUT2D eigenvalue weighted by atomic mass is 10.00. The second-order valence-corrected chi connectivity index (χ2v) is 13.1. The van der Waals surface area contributed by atoms with Crippen molar-refractivity contribution in [2.45, 2.75) is 0 Å². The van der Waals surface area contributed by atoms with E-state index in [1.165, 1.54) is 32.7 Å². The molecule has 7 aromatic carbocycles. The van der Waals surface area contributed by atoms with E-state index in [1.807, 2.05) is 6.20 Å². The third-order valence-electron chi connectivity index (χ3n) is 10.3. The molecule has 238 valence electrons. The van der Waals surface area contributed by atoms with Crippen LogP contribution in [0.25, 0.3) is 94.0 Å². The highest BCUT2D eigenvalue weighted by Gasteiger charge is 2.21. The van der Waals surface area contributed by atoms with Crippen LogP contribution in [-0.2, 0) is 0 Å². The van der Waals surface area contributed by atoms with Crippen LogP contribution in [0.1, 0.15) is 0 Å². The quantitative estimate of drug-likeness (QED) is 0.190. The van der Waals surface area contributed by atoms with Crippen molar-refractivity contribution in [3.8, 4) is 28.5 Å². The van der Waals surface area contributed by atoms with Gasteiger partial charge in [0.2, 0.25) is 5.95 Å². The molecule has 11 aromatic rings. The molecule has 4 aromatic heterocycles. The van der Waals surface area contributed by atoms with Crippen LogP contribution in [0.2, 0.25) is 0 Å². The fourth-order valence-corrected chi connectivity index (χ4v) is 8.04. The number of fused-ring (bicyclic) bond motifs is 9. The molecule has 0 atom stereocenters. The average Bonchev–Trinajstić information content (AvgIpc) is 3.85. The fourth-order valence-electron chi connectivity index (χ4n) is 8.04. The fraction of sp³-hybridized carbons (Fsp3) is 0. The van der Waals surface area contributed by atoms with E-state index in [9.17, 15) is 0 Å². The van der Waals surface area contributed by atoms with Crippen LogP contribution in [0, 0.1) is 0 Å². The summed E-state index contributed by atoms with van der Waals surface area (Å²) in [5.41, 5.74) is 12.1. The Labute approximate surface area is 292 Å². The first kappa shape index (κ1) is 27.9. The van der Waals surface area contributed by atoms with Gasteiger partial charge in [0.1, 0.15) is 0 Å². The molecule has 0 radical (unpaired) electrons. The van der Waals surface area contributed by atoms with E-state index in [1.54, 1.807) is 0 Å². The van der Waals surface area contributed by atoms with E-state index < -0.39 is 0 Å². The number of hydrogen-bond donors (Lipinski definition) is 0. The number of benzene rings is 7. The van der Waals surface area contributed by atoms with Crippen LogP contribution < -0.4 is 0 Å². The number of imidazole rings is 1. The monoisotopic (exact) mass is 651 g/mol. The minimum atomic E-state index is 0.872. The summed E-state index contributed by atoms with van der Waals surface area (Å²) in [6.07, 6.45) is 2.02. The van der Waals surface area contributed by atoms with E-state index in [0.717, 1.165) is 61.3 Å². The average molecular weight is 652 g/mol. The van der Waals surface area contributed by atoms with Gasteiger partial charge in [-0.25, -0.2) is 4.98 Å². The smallest absolute Gasteiger partial charge is 0.220 e. The van der Waals surface area contributed by atoms with Crippen molar-refractivity contribution >= 4 is 65.5 Å². The number of pyridine rings is 1. The molecule has 51 heavy (non-hydrogen) atoms. The van der Waals surface area contributed by atoms with Crippen molar-refractivity contribution in [1.82, 2.24) is 23.7 Å². The molecule has 0 fully saturated rings. The molecule has 0 spiro atoms. The van der Waals surface area contributed by atoms with Crippen molar-refractivity contribution in [1.29, 1.82) is 0 Å². The zero-order chi connectivity index (χ0) is 33.5. The Morgan fingerprint density at radius 3 is 1.65 bits per heavy atom. The summed E-state index contributed by atoms with van der Waals surface area (Å²) in [6.45, 7) is 0. The molecule has 0 bridgehead atoms. The SMILES string of the molecule is c1ccc(-n2c(-n3c4ccccc4c4cc(-c5ccc6c(c5)c5c7ccccc7ncc5n6-c5ccccc5)ccc43)nc3ccccc32)cc1. The molecule has 0 aliphatic heterocycles. The molecule has 11 rings (SSSR count). The van der Waals surface area contributed by atoms with Gasteiger partial charge in [-0.1, -0.05) is 97.1 Å². The summed E-state index contributed by atoms with van der Waals surface area (Å²) < 4.78 is 6.92. The number of hydrogen-bond acceptors (Lipinski definition) is 2. The van der Waals surface area contributed by atoms with Crippen molar-refractivity contribution in [3.63, 3.8) is 0 Å². The lowest BCUT2D eigenvalue weighted by molar-refractivity contribution is 0.956. The number of para-hydroxylation sites is 6. The van der Waals surface area contributed by atoms with Crippen LogP contribution in [0.15, 0.2) is 176 Å². The molecule has 0 saturated heterocycles. The third kappa shape index (κ3) is 4.09. The molecule has 5 heteroatoms. The van der Waals surface area contributed by atoms with E-state index in [-0.39, 0.29) is 0 Å². The highest BCUT2D eigenvalue weighted by molar-refractivity contribution is 6.21.